The van der Waals surface area contributed by atoms with E-state index in [0.29, 0.717) is 5.88 Å². The molecule has 2 aromatic rings. The summed E-state index contributed by atoms with van der Waals surface area (Å²) in [6, 6.07) is 11.9. The van der Waals surface area contributed by atoms with Gasteiger partial charge in [-0.2, -0.15) is 0 Å². The van der Waals surface area contributed by atoms with Crippen LogP contribution in [-0.4, -0.2) is 18.2 Å². The van der Waals surface area contributed by atoms with E-state index in [4.69, 9.17) is 9.47 Å². The molecule has 0 amide bonds. The summed E-state index contributed by atoms with van der Waals surface area (Å²) in [5.41, 5.74) is 1.98. The summed E-state index contributed by atoms with van der Waals surface area (Å²) < 4.78 is 11.1. The number of pyridine rings is 1. The molecule has 0 saturated carbocycles. The molecular weight excluding hydrogens is 264 g/mol. The van der Waals surface area contributed by atoms with Gasteiger partial charge in [-0.15, -0.1) is 0 Å². The molecule has 0 fully saturated rings. The number of aromatic nitrogens is 1. The maximum Gasteiger partial charge on any atom is 0.237 e. The third kappa shape index (κ3) is 3.88. The third-order valence-corrected chi connectivity index (χ3v) is 3.10. The molecule has 1 unspecified atom stereocenters. The maximum atomic E-state index is 5.73. The average Bonchev–Trinajstić information content (AvgIpc) is 2.48. The van der Waals surface area contributed by atoms with Crippen LogP contribution in [0.1, 0.15) is 32.4 Å². The second kappa shape index (κ2) is 6.97. The Morgan fingerprint density at radius 2 is 1.81 bits per heavy atom. The molecule has 1 aromatic heterocycles. The predicted octanol–water partition coefficient (Wildman–Crippen LogP) is 4.05. The number of hydrogen-bond acceptors (Lipinski definition) is 4. The van der Waals surface area contributed by atoms with E-state index < -0.39 is 0 Å². The van der Waals surface area contributed by atoms with Gasteiger partial charge in [0.2, 0.25) is 5.88 Å². The van der Waals surface area contributed by atoms with Gasteiger partial charge in [0, 0.05) is 11.8 Å². The van der Waals surface area contributed by atoms with Gasteiger partial charge in [-0.05, 0) is 39.0 Å². The SMILES string of the molecule is COc1ccccc1C(C)Nc1cccnc1OC(C)C. The lowest BCUT2D eigenvalue weighted by Gasteiger charge is -2.20. The number of hydrogen-bond donors (Lipinski definition) is 1. The Bertz CT molecular complexity index is 585. The van der Waals surface area contributed by atoms with E-state index in [1.54, 1.807) is 13.3 Å². The molecule has 2 rings (SSSR count). The van der Waals surface area contributed by atoms with Crippen molar-refractivity contribution in [3.63, 3.8) is 0 Å². The zero-order valence-corrected chi connectivity index (χ0v) is 13.0. The molecule has 4 nitrogen and oxygen atoms in total. The lowest BCUT2D eigenvalue weighted by atomic mass is 10.1. The van der Waals surface area contributed by atoms with E-state index in [0.717, 1.165) is 17.0 Å². The van der Waals surface area contributed by atoms with Gasteiger partial charge in [-0.3, -0.25) is 0 Å². The Labute approximate surface area is 126 Å². The molecule has 0 aliphatic heterocycles. The van der Waals surface area contributed by atoms with Crippen LogP contribution in [0.15, 0.2) is 42.6 Å². The largest absolute Gasteiger partial charge is 0.496 e. The molecular formula is C17H22N2O2. The van der Waals surface area contributed by atoms with Gasteiger partial charge < -0.3 is 14.8 Å². The van der Waals surface area contributed by atoms with Crippen LogP contribution in [0.25, 0.3) is 0 Å². The summed E-state index contributed by atoms with van der Waals surface area (Å²) in [6.07, 6.45) is 1.82. The minimum absolute atomic E-state index is 0.0832. The maximum absolute atomic E-state index is 5.73. The van der Waals surface area contributed by atoms with Crippen LogP contribution in [0.4, 0.5) is 5.69 Å². The summed E-state index contributed by atoms with van der Waals surface area (Å²) in [5, 5.41) is 3.44. The van der Waals surface area contributed by atoms with Crippen LogP contribution in [0.2, 0.25) is 0 Å². The van der Waals surface area contributed by atoms with Crippen molar-refractivity contribution in [1.29, 1.82) is 0 Å². The fraction of sp³-hybridized carbons (Fsp3) is 0.353. The highest BCUT2D eigenvalue weighted by Crippen LogP contribution is 2.30. The van der Waals surface area contributed by atoms with Gasteiger partial charge in [0.1, 0.15) is 5.75 Å². The summed E-state index contributed by atoms with van der Waals surface area (Å²) >= 11 is 0. The van der Waals surface area contributed by atoms with E-state index in [1.807, 2.05) is 44.2 Å². The molecule has 21 heavy (non-hydrogen) atoms. The van der Waals surface area contributed by atoms with Gasteiger partial charge >= 0.3 is 0 Å². The topological polar surface area (TPSA) is 43.4 Å². The lowest BCUT2D eigenvalue weighted by Crippen LogP contribution is -2.12. The van der Waals surface area contributed by atoms with Crippen molar-refractivity contribution in [2.24, 2.45) is 0 Å². The number of anilines is 1. The number of nitrogens with one attached hydrogen (secondary N) is 1. The van der Waals surface area contributed by atoms with Crippen LogP contribution in [0.3, 0.4) is 0 Å². The number of ether oxygens (including phenoxy) is 2. The Hall–Kier alpha value is -2.23. The van der Waals surface area contributed by atoms with Gasteiger partial charge in [0.05, 0.1) is 24.9 Å². The minimum Gasteiger partial charge on any atom is -0.496 e. The van der Waals surface area contributed by atoms with Crippen molar-refractivity contribution >= 4 is 5.69 Å². The van der Waals surface area contributed by atoms with Crippen molar-refractivity contribution in [2.75, 3.05) is 12.4 Å². The number of rotatable bonds is 6. The summed E-state index contributed by atoms with van der Waals surface area (Å²) in [7, 11) is 1.68. The van der Waals surface area contributed by atoms with Gasteiger partial charge in [0.25, 0.3) is 0 Å². The van der Waals surface area contributed by atoms with Crippen LogP contribution >= 0.6 is 0 Å². The minimum atomic E-state index is 0.0832. The highest BCUT2D eigenvalue weighted by molar-refractivity contribution is 5.54. The average molecular weight is 286 g/mol. The van der Waals surface area contributed by atoms with E-state index in [9.17, 15) is 0 Å². The quantitative estimate of drug-likeness (QED) is 0.870. The number of methoxy groups -OCH3 is 1. The first-order valence-corrected chi connectivity index (χ1v) is 7.13. The Morgan fingerprint density at radius 1 is 1.05 bits per heavy atom. The summed E-state index contributed by atoms with van der Waals surface area (Å²) in [6.45, 7) is 6.06. The zero-order valence-electron chi connectivity index (χ0n) is 13.0. The van der Waals surface area contributed by atoms with Gasteiger partial charge in [-0.25, -0.2) is 4.98 Å². The molecule has 112 valence electrons. The molecule has 0 aliphatic rings. The Morgan fingerprint density at radius 3 is 2.52 bits per heavy atom. The third-order valence-electron chi connectivity index (χ3n) is 3.10. The monoisotopic (exact) mass is 286 g/mol. The molecule has 1 aromatic carbocycles. The van der Waals surface area contributed by atoms with E-state index in [-0.39, 0.29) is 12.1 Å². The molecule has 1 heterocycles. The number of para-hydroxylation sites is 1. The van der Waals surface area contributed by atoms with Gasteiger partial charge in [-0.1, -0.05) is 18.2 Å². The van der Waals surface area contributed by atoms with Gasteiger partial charge in [0.15, 0.2) is 0 Å². The second-order valence-corrected chi connectivity index (χ2v) is 5.13. The van der Waals surface area contributed by atoms with Crippen molar-refractivity contribution in [3.8, 4) is 11.6 Å². The first-order chi connectivity index (χ1) is 10.1. The van der Waals surface area contributed by atoms with E-state index >= 15 is 0 Å². The van der Waals surface area contributed by atoms with Crippen molar-refractivity contribution in [3.05, 3.63) is 48.2 Å². The molecule has 4 heteroatoms. The second-order valence-electron chi connectivity index (χ2n) is 5.13. The summed E-state index contributed by atoms with van der Waals surface area (Å²) in [5.74, 6) is 1.49. The standard InChI is InChI=1S/C17H22N2O2/c1-12(2)21-17-15(9-7-11-18-17)19-13(3)14-8-5-6-10-16(14)20-4/h5-13,19H,1-4H3. The Kier molecular flexibility index (Phi) is 5.04. The number of benzene rings is 1. The van der Waals surface area contributed by atoms with E-state index in [1.165, 1.54) is 0 Å². The zero-order chi connectivity index (χ0) is 15.2. The smallest absolute Gasteiger partial charge is 0.237 e. The number of nitrogens with zero attached hydrogens (tertiary/aromatic N) is 1. The van der Waals surface area contributed by atoms with Crippen molar-refractivity contribution in [2.45, 2.75) is 32.9 Å². The highest BCUT2D eigenvalue weighted by atomic mass is 16.5. The van der Waals surface area contributed by atoms with E-state index in [2.05, 4.69) is 23.3 Å². The fourth-order valence-electron chi connectivity index (χ4n) is 2.15. The molecule has 0 bridgehead atoms. The highest BCUT2D eigenvalue weighted by Gasteiger charge is 2.14. The first-order valence-electron chi connectivity index (χ1n) is 7.13. The van der Waals surface area contributed by atoms with Crippen LogP contribution < -0.4 is 14.8 Å². The van der Waals surface area contributed by atoms with Crippen LogP contribution in [0, 0.1) is 0 Å². The van der Waals surface area contributed by atoms with Crippen molar-refractivity contribution in [1.82, 2.24) is 4.98 Å². The molecule has 0 saturated heterocycles. The fourth-order valence-corrected chi connectivity index (χ4v) is 2.15. The molecule has 0 aliphatic carbocycles. The summed E-state index contributed by atoms with van der Waals surface area (Å²) in [4.78, 5) is 4.29. The van der Waals surface area contributed by atoms with Crippen LogP contribution in [0.5, 0.6) is 11.6 Å². The first kappa shape index (κ1) is 15.2. The lowest BCUT2D eigenvalue weighted by molar-refractivity contribution is 0.234. The molecule has 0 radical (unpaired) electrons. The van der Waals surface area contributed by atoms with Crippen LogP contribution in [-0.2, 0) is 0 Å². The molecule has 0 spiro atoms. The predicted molar refractivity (Wildman–Crippen MR) is 85.0 cm³/mol. The molecule has 1 N–H and O–H groups in total. The molecule has 1 atom stereocenters. The normalized spacial score (nSPS) is 12.0. The Balaban J connectivity index is 2.21. The van der Waals surface area contributed by atoms with Crippen molar-refractivity contribution < 1.29 is 9.47 Å².